The van der Waals surface area contributed by atoms with Crippen LogP contribution >= 0.6 is 0 Å². The van der Waals surface area contributed by atoms with E-state index in [9.17, 15) is 9.59 Å². The molecule has 6 nitrogen and oxygen atoms in total. The van der Waals surface area contributed by atoms with Gasteiger partial charge in [0, 0.05) is 13.2 Å². The molecule has 1 aliphatic carbocycles. The number of amides is 2. The average Bonchev–Trinajstić information content (AvgIpc) is 2.28. The number of anilines is 1. The van der Waals surface area contributed by atoms with Crippen LogP contribution in [-0.2, 0) is 4.79 Å². The van der Waals surface area contributed by atoms with Gasteiger partial charge in [-0.05, 0) is 30.4 Å². The fourth-order valence-electron chi connectivity index (χ4n) is 1.94. The summed E-state index contributed by atoms with van der Waals surface area (Å²) in [4.78, 5) is 27.4. The Morgan fingerprint density at radius 3 is 2.68 bits per heavy atom. The SMILES string of the molecule is CN(CC(=O)O)C(=O)Nc1ccc(C2CCC2)cn1. The van der Waals surface area contributed by atoms with E-state index >= 15 is 0 Å². The summed E-state index contributed by atoms with van der Waals surface area (Å²) in [6.07, 6.45) is 5.45. The van der Waals surface area contributed by atoms with Crippen LogP contribution in [0.15, 0.2) is 18.3 Å². The summed E-state index contributed by atoms with van der Waals surface area (Å²) in [5, 5.41) is 11.2. The van der Waals surface area contributed by atoms with E-state index in [1.165, 1.54) is 31.9 Å². The Morgan fingerprint density at radius 1 is 1.47 bits per heavy atom. The number of urea groups is 1. The van der Waals surface area contributed by atoms with E-state index < -0.39 is 12.0 Å². The lowest BCUT2D eigenvalue weighted by molar-refractivity contribution is -0.137. The van der Waals surface area contributed by atoms with Crippen LogP contribution in [0.4, 0.5) is 10.6 Å². The van der Waals surface area contributed by atoms with Crippen LogP contribution in [0.1, 0.15) is 30.7 Å². The van der Waals surface area contributed by atoms with Gasteiger partial charge >= 0.3 is 12.0 Å². The zero-order valence-corrected chi connectivity index (χ0v) is 10.8. The van der Waals surface area contributed by atoms with Crippen molar-refractivity contribution in [3.05, 3.63) is 23.9 Å². The zero-order chi connectivity index (χ0) is 13.8. The highest BCUT2D eigenvalue weighted by Crippen LogP contribution is 2.35. The van der Waals surface area contributed by atoms with Crippen LogP contribution in [0.3, 0.4) is 0 Å². The molecular formula is C13H17N3O3. The van der Waals surface area contributed by atoms with Gasteiger partial charge in [0.05, 0.1) is 0 Å². The zero-order valence-electron chi connectivity index (χ0n) is 10.8. The Labute approximate surface area is 111 Å². The van der Waals surface area contributed by atoms with Crippen molar-refractivity contribution < 1.29 is 14.7 Å². The van der Waals surface area contributed by atoms with Crippen molar-refractivity contribution in [1.82, 2.24) is 9.88 Å². The average molecular weight is 263 g/mol. The van der Waals surface area contributed by atoms with E-state index in [2.05, 4.69) is 10.3 Å². The Bertz CT molecular complexity index is 469. The molecule has 102 valence electrons. The van der Waals surface area contributed by atoms with Gasteiger partial charge in [0.2, 0.25) is 0 Å². The number of carbonyl (C=O) groups is 2. The maximum atomic E-state index is 11.6. The van der Waals surface area contributed by atoms with Crippen molar-refractivity contribution in [3.8, 4) is 0 Å². The number of carbonyl (C=O) groups excluding carboxylic acids is 1. The van der Waals surface area contributed by atoms with Crippen LogP contribution in [0.5, 0.6) is 0 Å². The lowest BCUT2D eigenvalue weighted by atomic mass is 9.81. The summed E-state index contributed by atoms with van der Waals surface area (Å²) in [5.74, 6) is -0.0109. The van der Waals surface area contributed by atoms with Crippen LogP contribution in [0.25, 0.3) is 0 Å². The van der Waals surface area contributed by atoms with E-state index in [1.807, 2.05) is 6.07 Å². The molecule has 0 saturated heterocycles. The summed E-state index contributed by atoms with van der Waals surface area (Å²) >= 11 is 0. The number of aromatic nitrogens is 1. The van der Waals surface area contributed by atoms with E-state index in [0.717, 1.165) is 4.90 Å². The molecule has 0 spiro atoms. The van der Waals surface area contributed by atoms with Crippen molar-refractivity contribution in [2.45, 2.75) is 25.2 Å². The third-order valence-corrected chi connectivity index (χ3v) is 3.32. The van der Waals surface area contributed by atoms with Gasteiger partial charge in [0.25, 0.3) is 0 Å². The second-order valence-electron chi connectivity index (χ2n) is 4.78. The molecule has 1 fully saturated rings. The van der Waals surface area contributed by atoms with Gasteiger partial charge in [0.15, 0.2) is 0 Å². The molecule has 0 aliphatic heterocycles. The lowest BCUT2D eigenvalue weighted by Gasteiger charge is -2.25. The number of likely N-dealkylation sites (N-methyl/N-ethyl adjacent to an activating group) is 1. The maximum Gasteiger partial charge on any atom is 0.323 e. The van der Waals surface area contributed by atoms with Crippen molar-refractivity contribution in [3.63, 3.8) is 0 Å². The third-order valence-electron chi connectivity index (χ3n) is 3.32. The second kappa shape index (κ2) is 5.69. The number of hydrogen-bond acceptors (Lipinski definition) is 3. The predicted molar refractivity (Wildman–Crippen MR) is 70.1 cm³/mol. The number of nitrogens with zero attached hydrogens (tertiary/aromatic N) is 2. The van der Waals surface area contributed by atoms with Gasteiger partial charge in [-0.25, -0.2) is 9.78 Å². The molecule has 0 unspecified atom stereocenters. The summed E-state index contributed by atoms with van der Waals surface area (Å²) in [6, 6.07) is 3.23. The molecule has 0 bridgehead atoms. The largest absolute Gasteiger partial charge is 0.480 e. The van der Waals surface area contributed by atoms with Crippen molar-refractivity contribution >= 4 is 17.8 Å². The number of hydrogen-bond donors (Lipinski definition) is 2. The highest BCUT2D eigenvalue weighted by Gasteiger charge is 2.19. The van der Waals surface area contributed by atoms with E-state index in [4.69, 9.17) is 5.11 Å². The topological polar surface area (TPSA) is 82.5 Å². The molecule has 0 radical (unpaired) electrons. The molecule has 1 aromatic rings. The minimum Gasteiger partial charge on any atom is -0.480 e. The molecule has 1 heterocycles. The minimum atomic E-state index is -1.05. The molecule has 1 saturated carbocycles. The Hall–Kier alpha value is -2.11. The van der Waals surface area contributed by atoms with Crippen molar-refractivity contribution in [1.29, 1.82) is 0 Å². The quantitative estimate of drug-likeness (QED) is 0.869. The van der Waals surface area contributed by atoms with Crippen molar-refractivity contribution in [2.75, 3.05) is 18.9 Å². The Kier molecular flexibility index (Phi) is 3.99. The van der Waals surface area contributed by atoms with Crippen LogP contribution in [0, 0.1) is 0 Å². The molecule has 6 heteroatoms. The third kappa shape index (κ3) is 3.43. The van der Waals surface area contributed by atoms with Gasteiger partial charge in [-0.2, -0.15) is 0 Å². The number of nitrogens with one attached hydrogen (secondary N) is 1. The van der Waals surface area contributed by atoms with Crippen LogP contribution in [0.2, 0.25) is 0 Å². The van der Waals surface area contributed by atoms with E-state index in [-0.39, 0.29) is 6.54 Å². The summed E-state index contributed by atoms with van der Waals surface area (Å²) < 4.78 is 0. The first-order valence-electron chi connectivity index (χ1n) is 6.26. The highest BCUT2D eigenvalue weighted by atomic mass is 16.4. The summed E-state index contributed by atoms with van der Waals surface area (Å²) in [5.41, 5.74) is 1.20. The highest BCUT2D eigenvalue weighted by molar-refractivity contribution is 5.90. The molecule has 19 heavy (non-hydrogen) atoms. The fourth-order valence-corrected chi connectivity index (χ4v) is 1.94. The maximum absolute atomic E-state index is 11.6. The predicted octanol–water partition coefficient (Wildman–Crippen LogP) is 1.90. The normalized spacial score (nSPS) is 14.6. The molecule has 2 rings (SSSR count). The molecular weight excluding hydrogens is 246 g/mol. The van der Waals surface area contributed by atoms with Gasteiger partial charge in [-0.1, -0.05) is 12.5 Å². The van der Waals surface area contributed by atoms with E-state index in [0.29, 0.717) is 11.7 Å². The molecule has 0 aromatic carbocycles. The van der Waals surface area contributed by atoms with Crippen LogP contribution < -0.4 is 5.32 Å². The number of pyridine rings is 1. The first-order chi connectivity index (χ1) is 9.06. The Balaban J connectivity index is 1.91. The molecule has 1 aromatic heterocycles. The number of carboxylic acids is 1. The Morgan fingerprint density at radius 2 is 2.21 bits per heavy atom. The molecule has 1 aliphatic rings. The summed E-state index contributed by atoms with van der Waals surface area (Å²) in [6.45, 7) is -0.341. The first kappa shape index (κ1) is 13.3. The number of aliphatic carboxylic acids is 1. The monoisotopic (exact) mass is 263 g/mol. The van der Waals surface area contributed by atoms with Crippen LogP contribution in [-0.4, -0.2) is 40.6 Å². The second-order valence-corrected chi connectivity index (χ2v) is 4.78. The van der Waals surface area contributed by atoms with Crippen molar-refractivity contribution in [2.24, 2.45) is 0 Å². The first-order valence-corrected chi connectivity index (χ1v) is 6.26. The molecule has 2 amide bonds. The molecule has 0 atom stereocenters. The number of rotatable bonds is 4. The smallest absolute Gasteiger partial charge is 0.323 e. The summed E-state index contributed by atoms with van der Waals surface area (Å²) in [7, 11) is 1.42. The fraction of sp³-hybridized carbons (Fsp3) is 0.462. The minimum absolute atomic E-state index is 0.341. The standard InChI is InChI=1S/C13H17N3O3/c1-16(8-12(17)18)13(19)15-11-6-5-10(7-14-11)9-3-2-4-9/h5-7,9H,2-4,8H2,1H3,(H,17,18)(H,14,15,19). The molecule has 2 N–H and O–H groups in total. The van der Waals surface area contributed by atoms with E-state index in [1.54, 1.807) is 12.3 Å². The van der Waals surface area contributed by atoms with Gasteiger partial charge in [-0.15, -0.1) is 0 Å². The van der Waals surface area contributed by atoms with Gasteiger partial charge in [-0.3, -0.25) is 10.1 Å². The van der Waals surface area contributed by atoms with Gasteiger partial charge < -0.3 is 10.0 Å². The lowest BCUT2D eigenvalue weighted by Crippen LogP contribution is -2.35. The van der Waals surface area contributed by atoms with Gasteiger partial charge in [0.1, 0.15) is 12.4 Å². The number of carboxylic acid groups (broad SMARTS) is 1.